The van der Waals surface area contributed by atoms with Gasteiger partial charge in [0.2, 0.25) is 0 Å². The smallest absolute Gasteiger partial charge is 0.202 e. The third kappa shape index (κ3) is 3.07. The van der Waals surface area contributed by atoms with Gasteiger partial charge in [-0.3, -0.25) is 0 Å². The van der Waals surface area contributed by atoms with Gasteiger partial charge in [-0.15, -0.1) is 4.52 Å². The fraction of sp³-hybridized carbons (Fsp3) is 0.143. The fourth-order valence-electron chi connectivity index (χ4n) is 0.725. The highest BCUT2D eigenvalue weighted by Gasteiger charge is 2.19. The first-order valence-electron chi connectivity index (χ1n) is 3.28. The molecular weight excluding hydrogens is 179 g/mol. The molecule has 0 amide bonds. The molecule has 0 spiro atoms. The van der Waals surface area contributed by atoms with Gasteiger partial charge in [0.15, 0.2) is 0 Å². The van der Waals surface area contributed by atoms with Crippen molar-refractivity contribution in [3.63, 3.8) is 0 Å². The van der Waals surface area contributed by atoms with Crippen molar-refractivity contribution in [2.75, 3.05) is 0 Å². The summed E-state index contributed by atoms with van der Waals surface area (Å²) in [6, 6.07) is 9.18. The minimum absolute atomic E-state index is 0.163. The molecule has 1 atom stereocenters. The van der Waals surface area contributed by atoms with Crippen LogP contribution >= 0.6 is 8.25 Å². The molecule has 0 aliphatic heterocycles. The molecule has 0 saturated carbocycles. The van der Waals surface area contributed by atoms with Crippen molar-refractivity contribution in [1.29, 1.82) is 0 Å². The van der Waals surface area contributed by atoms with Crippen molar-refractivity contribution < 1.29 is 19.0 Å². The van der Waals surface area contributed by atoms with Crippen LogP contribution in [0.3, 0.4) is 0 Å². The molecule has 1 N–H and O–H groups in total. The van der Waals surface area contributed by atoms with Crippen LogP contribution in [-0.2, 0) is 20.4 Å². The zero-order valence-electron chi connectivity index (χ0n) is 6.21. The lowest BCUT2D eigenvalue weighted by Gasteiger charge is -1.91. The Morgan fingerprint density at radius 1 is 1.33 bits per heavy atom. The molecule has 0 saturated heterocycles. The van der Waals surface area contributed by atoms with E-state index in [0.29, 0.717) is 0 Å². The van der Waals surface area contributed by atoms with Crippen LogP contribution in [0.2, 0.25) is 0 Å². The summed E-state index contributed by atoms with van der Waals surface area (Å²) in [6.45, 7) is 0.163. The van der Waals surface area contributed by atoms with E-state index in [9.17, 15) is 4.57 Å². The van der Waals surface area contributed by atoms with Crippen molar-refractivity contribution in [3.8, 4) is 0 Å². The average molecular weight is 187 g/mol. The summed E-state index contributed by atoms with van der Waals surface area (Å²) in [5.74, 6) is 0. The van der Waals surface area contributed by atoms with Crippen LogP contribution in [0.4, 0.5) is 0 Å². The Bertz CT molecular complexity index is 249. The standard InChI is InChI=1S/C7H7O4P/c8-11-12(9)10-6-7-4-2-1-3-5-7/h1-5H,6H2/p+1. The number of benzene rings is 1. The Labute approximate surface area is 70.6 Å². The summed E-state index contributed by atoms with van der Waals surface area (Å²) in [7, 11) is -2.40. The quantitative estimate of drug-likeness (QED) is 0.446. The summed E-state index contributed by atoms with van der Waals surface area (Å²) >= 11 is 0. The van der Waals surface area contributed by atoms with Crippen molar-refractivity contribution in [1.82, 2.24) is 0 Å². The Kier molecular flexibility index (Phi) is 3.84. The first-order chi connectivity index (χ1) is 5.83. The van der Waals surface area contributed by atoms with E-state index >= 15 is 0 Å². The van der Waals surface area contributed by atoms with Gasteiger partial charge in [0, 0.05) is 4.57 Å². The molecule has 1 aromatic rings. The van der Waals surface area contributed by atoms with E-state index in [1.54, 1.807) is 0 Å². The third-order valence-electron chi connectivity index (χ3n) is 1.25. The Morgan fingerprint density at radius 3 is 2.58 bits per heavy atom. The lowest BCUT2D eigenvalue weighted by Crippen LogP contribution is -1.85. The molecule has 5 heteroatoms. The van der Waals surface area contributed by atoms with Crippen LogP contribution < -0.4 is 0 Å². The van der Waals surface area contributed by atoms with Crippen molar-refractivity contribution in [3.05, 3.63) is 35.9 Å². The van der Waals surface area contributed by atoms with Crippen LogP contribution in [0.5, 0.6) is 0 Å². The first kappa shape index (κ1) is 9.29. The number of rotatable bonds is 4. The van der Waals surface area contributed by atoms with Crippen LogP contribution in [0.25, 0.3) is 0 Å². The van der Waals surface area contributed by atoms with Crippen molar-refractivity contribution in [2.45, 2.75) is 6.61 Å². The van der Waals surface area contributed by atoms with Gasteiger partial charge in [-0.05, 0) is 5.56 Å². The molecule has 0 aliphatic rings. The van der Waals surface area contributed by atoms with E-state index < -0.39 is 8.25 Å². The second-order valence-electron chi connectivity index (χ2n) is 2.06. The molecule has 4 nitrogen and oxygen atoms in total. The van der Waals surface area contributed by atoms with Gasteiger partial charge in [0.25, 0.3) is 0 Å². The molecule has 1 rings (SSSR count). The normalized spacial score (nSPS) is 11.2. The Morgan fingerprint density at radius 2 is 2.00 bits per heavy atom. The molecule has 0 fully saturated rings. The summed E-state index contributed by atoms with van der Waals surface area (Å²) in [5.41, 5.74) is 0.873. The van der Waals surface area contributed by atoms with Crippen LogP contribution in [0, 0.1) is 0 Å². The summed E-state index contributed by atoms with van der Waals surface area (Å²) in [6.07, 6.45) is 0. The van der Waals surface area contributed by atoms with Crippen LogP contribution in [-0.4, -0.2) is 5.26 Å². The van der Waals surface area contributed by atoms with Gasteiger partial charge >= 0.3 is 8.25 Å². The monoisotopic (exact) mass is 187 g/mol. The zero-order chi connectivity index (χ0) is 8.81. The van der Waals surface area contributed by atoms with Crippen LogP contribution in [0.15, 0.2) is 30.3 Å². The topological polar surface area (TPSA) is 55.8 Å². The van der Waals surface area contributed by atoms with Gasteiger partial charge in [0.05, 0.1) is 4.67 Å². The molecule has 0 aromatic heterocycles. The number of hydrogen-bond acceptors (Lipinski definition) is 4. The molecule has 1 unspecified atom stereocenters. The summed E-state index contributed by atoms with van der Waals surface area (Å²) in [4.78, 5) is 0. The lowest BCUT2D eigenvalue weighted by atomic mass is 10.2. The van der Waals surface area contributed by atoms with Crippen LogP contribution in [0.1, 0.15) is 5.56 Å². The highest BCUT2D eigenvalue weighted by molar-refractivity contribution is 7.33. The predicted octanol–water partition coefficient (Wildman–Crippen LogP) is 2.35. The molecule has 1 aromatic carbocycles. The summed E-state index contributed by atoms with van der Waals surface area (Å²) in [5, 5.41) is 7.90. The maximum atomic E-state index is 10.4. The molecule has 0 radical (unpaired) electrons. The van der Waals surface area contributed by atoms with Crippen molar-refractivity contribution in [2.24, 2.45) is 0 Å². The minimum Gasteiger partial charge on any atom is -0.202 e. The molecule has 12 heavy (non-hydrogen) atoms. The Hall–Kier alpha value is -0.800. The van der Waals surface area contributed by atoms with Gasteiger partial charge < -0.3 is 0 Å². The second-order valence-corrected chi connectivity index (χ2v) is 2.93. The van der Waals surface area contributed by atoms with Crippen molar-refractivity contribution >= 4 is 8.25 Å². The highest BCUT2D eigenvalue weighted by Crippen LogP contribution is 2.23. The second kappa shape index (κ2) is 4.95. The largest absolute Gasteiger partial charge is 0.728 e. The first-order valence-corrected chi connectivity index (χ1v) is 4.38. The highest BCUT2D eigenvalue weighted by atomic mass is 31.1. The molecule has 0 bridgehead atoms. The average Bonchev–Trinajstić information content (AvgIpc) is 2.16. The number of hydrogen-bond donors (Lipinski definition) is 1. The van der Waals surface area contributed by atoms with Gasteiger partial charge in [-0.2, -0.15) is 0 Å². The van der Waals surface area contributed by atoms with E-state index in [1.165, 1.54) is 0 Å². The SMILES string of the molecule is O=[P+](OO)OCc1ccccc1. The van der Waals surface area contributed by atoms with E-state index in [1.807, 2.05) is 30.3 Å². The molecule has 0 heterocycles. The van der Waals surface area contributed by atoms with E-state index in [0.717, 1.165) is 5.56 Å². The zero-order valence-corrected chi connectivity index (χ0v) is 7.11. The Balaban J connectivity index is 2.38. The predicted molar refractivity (Wildman–Crippen MR) is 42.6 cm³/mol. The fourth-order valence-corrected chi connectivity index (χ4v) is 1.03. The van der Waals surface area contributed by atoms with Gasteiger partial charge in [0.1, 0.15) is 6.61 Å². The van der Waals surface area contributed by atoms with E-state index in [-0.39, 0.29) is 6.61 Å². The molecular formula is C7H8O4P+. The van der Waals surface area contributed by atoms with E-state index in [2.05, 4.69) is 9.20 Å². The third-order valence-corrected chi connectivity index (χ3v) is 1.72. The maximum absolute atomic E-state index is 10.4. The maximum Gasteiger partial charge on any atom is 0.728 e. The summed E-state index contributed by atoms with van der Waals surface area (Å²) < 4.78 is 18.5. The lowest BCUT2D eigenvalue weighted by molar-refractivity contribution is -0.142. The molecule has 0 aliphatic carbocycles. The van der Waals surface area contributed by atoms with Gasteiger partial charge in [-0.25, -0.2) is 5.26 Å². The molecule has 64 valence electrons. The van der Waals surface area contributed by atoms with E-state index in [4.69, 9.17) is 5.26 Å². The minimum atomic E-state index is -2.40. The van der Waals surface area contributed by atoms with Gasteiger partial charge in [-0.1, -0.05) is 30.3 Å².